The third kappa shape index (κ3) is 5.51. The standard InChI is InChI=1S/C24H33N3O2/c1-4-20-7-6-8-21(5-2)23(20)25-24(28)27-17-15-26(16-18-27)14-13-19-9-11-22(29-3)12-10-19/h6-12H,4-5,13-18H2,1-3H3,(H,25,28). The van der Waals surface area contributed by atoms with Gasteiger partial charge in [-0.3, -0.25) is 4.90 Å². The number of piperazine rings is 1. The smallest absolute Gasteiger partial charge is 0.321 e. The van der Waals surface area contributed by atoms with Gasteiger partial charge in [-0.2, -0.15) is 0 Å². The van der Waals surface area contributed by atoms with Gasteiger partial charge in [0.05, 0.1) is 7.11 Å². The second-order valence-corrected chi connectivity index (χ2v) is 7.52. The molecule has 0 radical (unpaired) electrons. The minimum Gasteiger partial charge on any atom is -0.497 e. The van der Waals surface area contributed by atoms with Crippen LogP contribution in [-0.4, -0.2) is 55.7 Å². The van der Waals surface area contributed by atoms with Crippen LogP contribution in [0.25, 0.3) is 0 Å². The predicted molar refractivity (Wildman–Crippen MR) is 119 cm³/mol. The number of ether oxygens (including phenoxy) is 1. The average molecular weight is 396 g/mol. The van der Waals surface area contributed by atoms with Crippen molar-refractivity contribution in [2.75, 3.05) is 45.2 Å². The highest BCUT2D eigenvalue weighted by atomic mass is 16.5. The summed E-state index contributed by atoms with van der Waals surface area (Å²) in [5.41, 5.74) is 4.73. The average Bonchev–Trinajstić information content (AvgIpc) is 2.78. The van der Waals surface area contributed by atoms with Gasteiger partial charge in [0, 0.05) is 38.4 Å². The summed E-state index contributed by atoms with van der Waals surface area (Å²) in [6.07, 6.45) is 2.85. The Kier molecular flexibility index (Phi) is 7.53. The highest BCUT2D eigenvalue weighted by Gasteiger charge is 2.22. The summed E-state index contributed by atoms with van der Waals surface area (Å²) in [7, 11) is 1.69. The van der Waals surface area contributed by atoms with Crippen molar-refractivity contribution in [1.82, 2.24) is 9.80 Å². The molecule has 2 aromatic carbocycles. The van der Waals surface area contributed by atoms with Crippen LogP contribution in [0.15, 0.2) is 42.5 Å². The van der Waals surface area contributed by atoms with Crippen LogP contribution in [0.5, 0.6) is 5.75 Å². The molecule has 1 N–H and O–H groups in total. The molecule has 156 valence electrons. The Morgan fingerprint density at radius 2 is 1.59 bits per heavy atom. The van der Waals surface area contributed by atoms with Crippen molar-refractivity contribution < 1.29 is 9.53 Å². The number of nitrogens with one attached hydrogen (secondary N) is 1. The zero-order valence-corrected chi connectivity index (χ0v) is 17.9. The number of amides is 2. The first-order chi connectivity index (χ1) is 14.1. The lowest BCUT2D eigenvalue weighted by atomic mass is 10.0. The van der Waals surface area contributed by atoms with Crippen LogP contribution >= 0.6 is 0 Å². The van der Waals surface area contributed by atoms with Gasteiger partial charge in [-0.25, -0.2) is 4.79 Å². The van der Waals surface area contributed by atoms with Crippen LogP contribution in [-0.2, 0) is 19.3 Å². The number of hydrogen-bond acceptors (Lipinski definition) is 3. The van der Waals surface area contributed by atoms with E-state index in [1.54, 1.807) is 7.11 Å². The van der Waals surface area contributed by atoms with Gasteiger partial charge in [-0.05, 0) is 48.1 Å². The van der Waals surface area contributed by atoms with Crippen molar-refractivity contribution in [3.8, 4) is 5.75 Å². The number of methoxy groups -OCH3 is 1. The molecule has 0 aliphatic carbocycles. The fourth-order valence-electron chi connectivity index (χ4n) is 3.84. The predicted octanol–water partition coefficient (Wildman–Crippen LogP) is 4.21. The van der Waals surface area contributed by atoms with Crippen LogP contribution in [0, 0.1) is 0 Å². The Morgan fingerprint density at radius 3 is 2.14 bits per heavy atom. The van der Waals surface area contributed by atoms with Gasteiger partial charge in [0.2, 0.25) is 0 Å². The van der Waals surface area contributed by atoms with Gasteiger partial charge in [-0.1, -0.05) is 44.2 Å². The number of rotatable bonds is 7. The summed E-state index contributed by atoms with van der Waals surface area (Å²) >= 11 is 0. The minimum atomic E-state index is 0.0235. The van der Waals surface area contributed by atoms with Crippen molar-refractivity contribution in [2.24, 2.45) is 0 Å². The molecular weight excluding hydrogens is 362 g/mol. The maximum Gasteiger partial charge on any atom is 0.321 e. The molecule has 1 fully saturated rings. The molecule has 1 aliphatic heterocycles. The number of para-hydroxylation sites is 1. The lowest BCUT2D eigenvalue weighted by Crippen LogP contribution is -2.50. The van der Waals surface area contributed by atoms with E-state index < -0.39 is 0 Å². The number of benzene rings is 2. The van der Waals surface area contributed by atoms with E-state index in [1.165, 1.54) is 16.7 Å². The number of carbonyl (C=O) groups is 1. The van der Waals surface area contributed by atoms with Gasteiger partial charge < -0.3 is 15.0 Å². The summed E-state index contributed by atoms with van der Waals surface area (Å²) in [4.78, 5) is 17.2. The molecule has 2 amide bonds. The molecule has 0 aromatic heterocycles. The molecule has 0 bridgehead atoms. The van der Waals surface area contributed by atoms with Crippen molar-refractivity contribution in [2.45, 2.75) is 33.1 Å². The summed E-state index contributed by atoms with van der Waals surface area (Å²) in [6, 6.07) is 14.6. The summed E-state index contributed by atoms with van der Waals surface area (Å²) < 4.78 is 5.22. The van der Waals surface area contributed by atoms with E-state index in [-0.39, 0.29) is 6.03 Å². The molecule has 1 saturated heterocycles. The summed E-state index contributed by atoms with van der Waals surface area (Å²) in [5, 5.41) is 3.19. The van der Waals surface area contributed by atoms with E-state index >= 15 is 0 Å². The SMILES string of the molecule is CCc1cccc(CC)c1NC(=O)N1CCN(CCc2ccc(OC)cc2)CC1. The topological polar surface area (TPSA) is 44.8 Å². The molecule has 5 heteroatoms. The Hall–Kier alpha value is -2.53. The lowest BCUT2D eigenvalue weighted by molar-refractivity contribution is 0.148. The third-order valence-electron chi connectivity index (χ3n) is 5.77. The molecule has 0 atom stereocenters. The zero-order chi connectivity index (χ0) is 20.6. The fraction of sp³-hybridized carbons (Fsp3) is 0.458. The molecule has 29 heavy (non-hydrogen) atoms. The van der Waals surface area contributed by atoms with Gasteiger partial charge in [0.1, 0.15) is 5.75 Å². The van der Waals surface area contributed by atoms with Crippen molar-refractivity contribution >= 4 is 11.7 Å². The molecule has 0 unspecified atom stereocenters. The fourth-order valence-corrected chi connectivity index (χ4v) is 3.84. The van der Waals surface area contributed by atoms with Crippen LogP contribution in [0.3, 0.4) is 0 Å². The van der Waals surface area contributed by atoms with E-state index in [9.17, 15) is 4.79 Å². The molecular formula is C24H33N3O2. The monoisotopic (exact) mass is 395 g/mol. The van der Waals surface area contributed by atoms with E-state index in [0.717, 1.165) is 63.4 Å². The molecule has 1 heterocycles. The van der Waals surface area contributed by atoms with E-state index in [2.05, 4.69) is 54.4 Å². The molecule has 0 saturated carbocycles. The summed E-state index contributed by atoms with van der Waals surface area (Å²) in [6.45, 7) is 8.64. The normalized spacial score (nSPS) is 14.7. The Bertz CT molecular complexity index is 774. The van der Waals surface area contributed by atoms with Gasteiger partial charge in [-0.15, -0.1) is 0 Å². The maximum atomic E-state index is 12.8. The van der Waals surface area contributed by atoms with Gasteiger partial charge in [0.15, 0.2) is 0 Å². The molecule has 1 aliphatic rings. The second kappa shape index (κ2) is 10.3. The zero-order valence-electron chi connectivity index (χ0n) is 17.9. The van der Waals surface area contributed by atoms with Gasteiger partial charge in [0.25, 0.3) is 0 Å². The number of aryl methyl sites for hydroxylation is 2. The second-order valence-electron chi connectivity index (χ2n) is 7.52. The number of nitrogens with zero attached hydrogens (tertiary/aromatic N) is 2. The minimum absolute atomic E-state index is 0.0235. The molecule has 0 spiro atoms. The summed E-state index contributed by atoms with van der Waals surface area (Å²) in [5.74, 6) is 0.893. The van der Waals surface area contributed by atoms with Crippen molar-refractivity contribution in [1.29, 1.82) is 0 Å². The number of urea groups is 1. The molecule has 3 rings (SSSR count). The molecule has 5 nitrogen and oxygen atoms in total. The highest BCUT2D eigenvalue weighted by molar-refractivity contribution is 5.91. The number of carbonyl (C=O) groups excluding carboxylic acids is 1. The van der Waals surface area contributed by atoms with Crippen LogP contribution in [0.2, 0.25) is 0 Å². The highest BCUT2D eigenvalue weighted by Crippen LogP contribution is 2.23. The Labute approximate surface area is 174 Å². The van der Waals surface area contributed by atoms with E-state index in [0.29, 0.717) is 0 Å². The number of hydrogen-bond donors (Lipinski definition) is 1. The van der Waals surface area contributed by atoms with E-state index in [4.69, 9.17) is 4.74 Å². The molecule has 2 aromatic rings. The first kappa shape index (κ1) is 21.2. The Balaban J connectivity index is 1.49. The Morgan fingerprint density at radius 1 is 0.966 bits per heavy atom. The lowest BCUT2D eigenvalue weighted by Gasteiger charge is -2.35. The van der Waals surface area contributed by atoms with Crippen LogP contribution in [0.4, 0.5) is 10.5 Å². The quantitative estimate of drug-likeness (QED) is 0.764. The first-order valence-electron chi connectivity index (χ1n) is 10.7. The van der Waals surface area contributed by atoms with Crippen molar-refractivity contribution in [3.63, 3.8) is 0 Å². The maximum absolute atomic E-state index is 12.8. The number of anilines is 1. The third-order valence-corrected chi connectivity index (χ3v) is 5.77. The van der Waals surface area contributed by atoms with Crippen LogP contribution < -0.4 is 10.1 Å². The van der Waals surface area contributed by atoms with Crippen LogP contribution in [0.1, 0.15) is 30.5 Å². The van der Waals surface area contributed by atoms with Gasteiger partial charge >= 0.3 is 6.03 Å². The first-order valence-corrected chi connectivity index (χ1v) is 10.7. The largest absolute Gasteiger partial charge is 0.497 e. The van der Waals surface area contributed by atoms with Crippen molar-refractivity contribution in [3.05, 3.63) is 59.2 Å². The van der Waals surface area contributed by atoms with E-state index in [1.807, 2.05) is 17.0 Å².